The number of carbonyl (C=O) groups is 1. The minimum absolute atomic E-state index is 0.250. The van der Waals surface area contributed by atoms with Crippen LogP contribution in [0.25, 0.3) is 0 Å². The van der Waals surface area contributed by atoms with Crippen molar-refractivity contribution in [2.45, 2.75) is 5.92 Å². The first-order valence-corrected chi connectivity index (χ1v) is 5.30. The second kappa shape index (κ2) is 4.90. The summed E-state index contributed by atoms with van der Waals surface area (Å²) in [6, 6.07) is 11.0. The van der Waals surface area contributed by atoms with Crippen molar-refractivity contribution in [1.29, 1.82) is 0 Å². The molecule has 0 saturated heterocycles. The highest BCUT2D eigenvalue weighted by atomic mass is 35.5. The molecule has 1 aromatic heterocycles. The van der Waals surface area contributed by atoms with Crippen molar-refractivity contribution in [3.8, 4) is 0 Å². The molecule has 1 unspecified atom stereocenters. The molecule has 0 saturated carbocycles. The molecule has 2 aromatic rings. The smallest absolute Gasteiger partial charge is 0.131 e. The van der Waals surface area contributed by atoms with Crippen LogP contribution in [0.1, 0.15) is 17.0 Å². The highest BCUT2D eigenvalue weighted by Gasteiger charge is 2.12. The number of hydrogen-bond acceptors (Lipinski definition) is 2. The third kappa shape index (κ3) is 2.28. The Kier molecular flexibility index (Phi) is 3.32. The molecule has 0 aliphatic carbocycles. The van der Waals surface area contributed by atoms with Crippen molar-refractivity contribution in [3.05, 3.63) is 64.9 Å². The summed E-state index contributed by atoms with van der Waals surface area (Å²) in [5.74, 6) is -0.250. The van der Waals surface area contributed by atoms with Gasteiger partial charge in [-0.3, -0.25) is 4.98 Å². The normalized spacial score (nSPS) is 12.1. The molecular formula is C13H10ClNO. The van der Waals surface area contributed by atoms with E-state index in [0.717, 1.165) is 17.4 Å². The Balaban J connectivity index is 2.37. The molecule has 2 rings (SSSR count). The highest BCUT2D eigenvalue weighted by molar-refractivity contribution is 6.30. The van der Waals surface area contributed by atoms with E-state index < -0.39 is 0 Å². The van der Waals surface area contributed by atoms with Gasteiger partial charge < -0.3 is 4.79 Å². The van der Waals surface area contributed by atoms with Gasteiger partial charge in [0.1, 0.15) is 6.29 Å². The van der Waals surface area contributed by atoms with Crippen molar-refractivity contribution < 1.29 is 4.79 Å². The standard InChI is InChI=1S/C13H10ClNO/c14-12-3-1-10(2-4-12)13(9-16)11-5-7-15-8-6-11/h1-9,13H. The van der Waals surface area contributed by atoms with Crippen molar-refractivity contribution in [2.75, 3.05) is 0 Å². The number of carbonyl (C=O) groups excluding carboxylic acids is 1. The fourth-order valence-electron chi connectivity index (χ4n) is 1.59. The number of benzene rings is 1. The van der Waals surface area contributed by atoms with E-state index in [9.17, 15) is 4.79 Å². The Morgan fingerprint density at radius 2 is 1.56 bits per heavy atom. The predicted molar refractivity (Wildman–Crippen MR) is 63.6 cm³/mol. The molecule has 0 spiro atoms. The second-order valence-electron chi connectivity index (χ2n) is 3.45. The van der Waals surface area contributed by atoms with E-state index in [1.165, 1.54) is 0 Å². The lowest BCUT2D eigenvalue weighted by molar-refractivity contribution is -0.108. The lowest BCUT2D eigenvalue weighted by atomic mass is 9.94. The van der Waals surface area contributed by atoms with E-state index in [-0.39, 0.29) is 5.92 Å². The molecule has 3 heteroatoms. The molecule has 0 amide bonds. The molecule has 0 aliphatic rings. The van der Waals surface area contributed by atoms with Crippen molar-refractivity contribution in [3.63, 3.8) is 0 Å². The molecule has 2 nitrogen and oxygen atoms in total. The monoisotopic (exact) mass is 231 g/mol. The van der Waals surface area contributed by atoms with Gasteiger partial charge in [-0.1, -0.05) is 23.7 Å². The molecule has 80 valence electrons. The van der Waals surface area contributed by atoms with Crippen LogP contribution in [0, 0.1) is 0 Å². The second-order valence-corrected chi connectivity index (χ2v) is 3.88. The van der Waals surface area contributed by atoms with Gasteiger partial charge in [0.15, 0.2) is 0 Å². The first-order valence-electron chi connectivity index (χ1n) is 4.92. The van der Waals surface area contributed by atoms with Gasteiger partial charge in [0.05, 0.1) is 5.92 Å². The van der Waals surface area contributed by atoms with E-state index >= 15 is 0 Å². The number of halogens is 1. The zero-order valence-electron chi connectivity index (χ0n) is 8.51. The summed E-state index contributed by atoms with van der Waals surface area (Å²) in [6.07, 6.45) is 4.29. The van der Waals surface area contributed by atoms with E-state index in [2.05, 4.69) is 4.98 Å². The van der Waals surface area contributed by atoms with Crippen LogP contribution in [0.2, 0.25) is 5.02 Å². The van der Waals surface area contributed by atoms with E-state index in [4.69, 9.17) is 11.6 Å². The summed E-state index contributed by atoms with van der Waals surface area (Å²) in [4.78, 5) is 15.1. The van der Waals surface area contributed by atoms with Crippen LogP contribution in [0.3, 0.4) is 0 Å². The average molecular weight is 232 g/mol. The van der Waals surface area contributed by atoms with Crippen molar-refractivity contribution in [2.24, 2.45) is 0 Å². The number of rotatable bonds is 3. The predicted octanol–water partition coefficient (Wildman–Crippen LogP) is 3.07. The maximum Gasteiger partial charge on any atom is 0.131 e. The Bertz CT molecular complexity index is 467. The number of pyridine rings is 1. The summed E-state index contributed by atoms with van der Waals surface area (Å²) >= 11 is 5.81. The number of hydrogen-bond donors (Lipinski definition) is 0. The molecule has 0 N–H and O–H groups in total. The maximum atomic E-state index is 11.1. The lowest BCUT2D eigenvalue weighted by Crippen LogP contribution is -2.02. The molecular weight excluding hydrogens is 222 g/mol. The summed E-state index contributed by atoms with van der Waals surface area (Å²) in [6.45, 7) is 0. The summed E-state index contributed by atoms with van der Waals surface area (Å²) in [5, 5.41) is 0.670. The van der Waals surface area contributed by atoms with Gasteiger partial charge in [-0.15, -0.1) is 0 Å². The molecule has 16 heavy (non-hydrogen) atoms. The molecule has 0 fully saturated rings. The highest BCUT2D eigenvalue weighted by Crippen LogP contribution is 2.23. The topological polar surface area (TPSA) is 30.0 Å². The maximum absolute atomic E-state index is 11.1. The molecule has 1 atom stereocenters. The van der Waals surface area contributed by atoms with Crippen LogP contribution in [0.4, 0.5) is 0 Å². The Morgan fingerprint density at radius 1 is 1.00 bits per heavy atom. The van der Waals surface area contributed by atoms with Crippen LogP contribution in [0.15, 0.2) is 48.8 Å². The first kappa shape index (κ1) is 10.8. The molecule has 0 radical (unpaired) electrons. The largest absolute Gasteiger partial charge is 0.302 e. The van der Waals surface area contributed by atoms with Gasteiger partial charge in [0.25, 0.3) is 0 Å². The average Bonchev–Trinajstić information content (AvgIpc) is 2.34. The number of nitrogens with zero attached hydrogens (tertiary/aromatic N) is 1. The molecule has 0 aliphatic heterocycles. The van der Waals surface area contributed by atoms with Crippen LogP contribution < -0.4 is 0 Å². The van der Waals surface area contributed by atoms with Gasteiger partial charge in [-0.2, -0.15) is 0 Å². The quantitative estimate of drug-likeness (QED) is 0.760. The zero-order valence-corrected chi connectivity index (χ0v) is 9.26. The molecule has 0 bridgehead atoms. The minimum Gasteiger partial charge on any atom is -0.302 e. The third-order valence-corrected chi connectivity index (χ3v) is 2.68. The Morgan fingerprint density at radius 3 is 2.12 bits per heavy atom. The lowest BCUT2D eigenvalue weighted by Gasteiger charge is -2.10. The third-order valence-electron chi connectivity index (χ3n) is 2.43. The van der Waals surface area contributed by atoms with Gasteiger partial charge in [-0.05, 0) is 35.4 Å². The Labute approximate surface area is 98.9 Å². The van der Waals surface area contributed by atoms with E-state index in [0.29, 0.717) is 5.02 Å². The van der Waals surface area contributed by atoms with Crippen LogP contribution in [-0.2, 0) is 4.79 Å². The van der Waals surface area contributed by atoms with Crippen LogP contribution in [0.5, 0.6) is 0 Å². The van der Waals surface area contributed by atoms with Crippen LogP contribution in [-0.4, -0.2) is 11.3 Å². The number of aromatic nitrogens is 1. The van der Waals surface area contributed by atoms with Gasteiger partial charge in [0, 0.05) is 17.4 Å². The molecule has 1 aromatic carbocycles. The van der Waals surface area contributed by atoms with Gasteiger partial charge >= 0.3 is 0 Å². The minimum atomic E-state index is -0.250. The van der Waals surface area contributed by atoms with E-state index in [1.807, 2.05) is 24.3 Å². The van der Waals surface area contributed by atoms with Gasteiger partial charge in [0.2, 0.25) is 0 Å². The fraction of sp³-hybridized carbons (Fsp3) is 0.0769. The van der Waals surface area contributed by atoms with E-state index in [1.54, 1.807) is 24.5 Å². The molecule has 1 heterocycles. The zero-order chi connectivity index (χ0) is 11.4. The number of aldehydes is 1. The van der Waals surface area contributed by atoms with Crippen molar-refractivity contribution in [1.82, 2.24) is 4.98 Å². The SMILES string of the molecule is O=CC(c1ccncc1)c1ccc(Cl)cc1. The van der Waals surface area contributed by atoms with Crippen molar-refractivity contribution >= 4 is 17.9 Å². The summed E-state index contributed by atoms with van der Waals surface area (Å²) in [7, 11) is 0. The Hall–Kier alpha value is -1.67. The first-order chi connectivity index (χ1) is 7.81. The summed E-state index contributed by atoms with van der Waals surface area (Å²) < 4.78 is 0. The fourth-order valence-corrected chi connectivity index (χ4v) is 1.72. The van der Waals surface area contributed by atoms with Gasteiger partial charge in [-0.25, -0.2) is 0 Å². The summed E-state index contributed by atoms with van der Waals surface area (Å²) in [5.41, 5.74) is 1.87. The van der Waals surface area contributed by atoms with Crippen LogP contribution >= 0.6 is 11.6 Å².